The molecule has 0 bridgehead atoms. The van der Waals surface area contributed by atoms with E-state index in [-0.39, 0.29) is 0 Å². The van der Waals surface area contributed by atoms with Crippen molar-refractivity contribution >= 4 is 11.3 Å². The fraction of sp³-hybridized carbons (Fsp3) is 0.375. The van der Waals surface area contributed by atoms with E-state index in [0.717, 1.165) is 26.1 Å². The minimum absolute atomic E-state index is 0.729. The van der Waals surface area contributed by atoms with Gasteiger partial charge in [-0.2, -0.15) is 0 Å². The summed E-state index contributed by atoms with van der Waals surface area (Å²) >= 11 is 1.90. The Balaban J connectivity index is 1.63. The highest BCUT2D eigenvalue weighted by Crippen LogP contribution is 2.25. The standard InChI is InChI=1S/C16H20N2S/c17-8-5-13-1-3-14(4-2-13)11-18-9-6-16-15(12-18)7-10-19-16/h1-4,7,10H,5-6,8-9,11-12,17H2. The zero-order valence-corrected chi connectivity index (χ0v) is 12.0. The predicted octanol–water partition coefficient (Wildman–Crippen LogP) is 2.81. The molecule has 0 atom stereocenters. The van der Waals surface area contributed by atoms with E-state index >= 15 is 0 Å². The molecule has 0 aliphatic carbocycles. The number of thiophene rings is 1. The fourth-order valence-corrected chi connectivity index (χ4v) is 3.57. The van der Waals surface area contributed by atoms with Gasteiger partial charge in [0.2, 0.25) is 0 Å². The summed E-state index contributed by atoms with van der Waals surface area (Å²) in [6, 6.07) is 11.2. The van der Waals surface area contributed by atoms with E-state index in [2.05, 4.69) is 40.6 Å². The molecule has 2 N–H and O–H groups in total. The van der Waals surface area contributed by atoms with Gasteiger partial charge in [-0.3, -0.25) is 4.90 Å². The minimum atomic E-state index is 0.729. The average Bonchev–Trinajstić information content (AvgIpc) is 2.89. The first-order valence-corrected chi connectivity index (χ1v) is 7.78. The van der Waals surface area contributed by atoms with E-state index in [1.54, 1.807) is 4.88 Å². The number of benzene rings is 1. The van der Waals surface area contributed by atoms with Crippen molar-refractivity contribution in [2.75, 3.05) is 13.1 Å². The van der Waals surface area contributed by atoms with Crippen LogP contribution in [0, 0.1) is 0 Å². The number of hydrogen-bond acceptors (Lipinski definition) is 3. The molecule has 0 radical (unpaired) electrons. The van der Waals surface area contributed by atoms with Gasteiger partial charge in [0.25, 0.3) is 0 Å². The normalized spacial score (nSPS) is 15.4. The lowest BCUT2D eigenvalue weighted by Gasteiger charge is -2.26. The van der Waals surface area contributed by atoms with Crippen LogP contribution in [0.25, 0.3) is 0 Å². The highest BCUT2D eigenvalue weighted by molar-refractivity contribution is 7.10. The monoisotopic (exact) mass is 272 g/mol. The largest absolute Gasteiger partial charge is 0.330 e. The molecule has 2 heterocycles. The molecule has 19 heavy (non-hydrogen) atoms. The molecule has 1 aliphatic rings. The fourth-order valence-electron chi connectivity index (χ4n) is 2.68. The molecular weight excluding hydrogens is 252 g/mol. The van der Waals surface area contributed by atoms with Gasteiger partial charge in [0, 0.05) is 24.5 Å². The van der Waals surface area contributed by atoms with E-state index in [9.17, 15) is 0 Å². The van der Waals surface area contributed by atoms with Gasteiger partial charge < -0.3 is 5.73 Å². The predicted molar refractivity (Wildman–Crippen MR) is 81.3 cm³/mol. The Morgan fingerprint density at radius 3 is 2.68 bits per heavy atom. The topological polar surface area (TPSA) is 29.3 Å². The number of hydrogen-bond donors (Lipinski definition) is 1. The molecule has 3 heteroatoms. The first-order chi connectivity index (χ1) is 9.35. The van der Waals surface area contributed by atoms with Gasteiger partial charge in [-0.25, -0.2) is 0 Å². The van der Waals surface area contributed by atoms with Crippen molar-refractivity contribution in [3.8, 4) is 0 Å². The van der Waals surface area contributed by atoms with Crippen LogP contribution in [0.1, 0.15) is 21.6 Å². The van der Waals surface area contributed by atoms with Crippen molar-refractivity contribution in [3.63, 3.8) is 0 Å². The van der Waals surface area contributed by atoms with Crippen molar-refractivity contribution < 1.29 is 0 Å². The maximum atomic E-state index is 5.58. The SMILES string of the molecule is NCCc1ccc(CN2CCc3sccc3C2)cc1. The molecule has 1 aromatic heterocycles. The van der Waals surface area contributed by atoms with Gasteiger partial charge in [0.1, 0.15) is 0 Å². The van der Waals surface area contributed by atoms with Crippen molar-refractivity contribution in [2.24, 2.45) is 5.73 Å². The summed E-state index contributed by atoms with van der Waals surface area (Å²) in [6.45, 7) is 4.06. The van der Waals surface area contributed by atoms with Crippen LogP contribution in [-0.2, 0) is 25.9 Å². The molecular formula is C16H20N2S. The molecule has 2 nitrogen and oxygen atoms in total. The molecule has 0 saturated carbocycles. The van der Waals surface area contributed by atoms with Gasteiger partial charge in [-0.15, -0.1) is 11.3 Å². The molecule has 0 amide bonds. The van der Waals surface area contributed by atoms with Crippen LogP contribution >= 0.6 is 11.3 Å². The van der Waals surface area contributed by atoms with E-state index in [1.807, 2.05) is 11.3 Å². The molecule has 0 spiro atoms. The van der Waals surface area contributed by atoms with E-state index in [4.69, 9.17) is 5.73 Å². The van der Waals surface area contributed by atoms with Crippen LogP contribution in [0.15, 0.2) is 35.7 Å². The van der Waals surface area contributed by atoms with E-state index in [1.165, 1.54) is 29.7 Å². The van der Waals surface area contributed by atoms with Crippen molar-refractivity contribution in [1.29, 1.82) is 0 Å². The van der Waals surface area contributed by atoms with Gasteiger partial charge in [-0.1, -0.05) is 24.3 Å². The third kappa shape index (κ3) is 3.06. The maximum Gasteiger partial charge on any atom is 0.0248 e. The molecule has 0 fully saturated rings. The van der Waals surface area contributed by atoms with Gasteiger partial charge in [0.05, 0.1) is 0 Å². The van der Waals surface area contributed by atoms with E-state index in [0.29, 0.717) is 0 Å². The maximum absolute atomic E-state index is 5.58. The van der Waals surface area contributed by atoms with Crippen molar-refractivity contribution in [3.05, 3.63) is 57.3 Å². The number of rotatable bonds is 4. The van der Waals surface area contributed by atoms with Crippen LogP contribution in [0.4, 0.5) is 0 Å². The minimum Gasteiger partial charge on any atom is -0.330 e. The summed E-state index contributed by atoms with van der Waals surface area (Å²) in [4.78, 5) is 4.11. The molecule has 2 aromatic rings. The Kier molecular flexibility index (Phi) is 3.97. The molecule has 0 saturated heterocycles. The quantitative estimate of drug-likeness (QED) is 0.927. The molecule has 3 rings (SSSR count). The summed E-state index contributed by atoms with van der Waals surface area (Å²) in [5.41, 5.74) is 9.84. The van der Waals surface area contributed by atoms with Crippen LogP contribution in [0.3, 0.4) is 0 Å². The molecule has 1 aliphatic heterocycles. The Morgan fingerprint density at radius 1 is 1.11 bits per heavy atom. The van der Waals surface area contributed by atoms with Crippen LogP contribution in [-0.4, -0.2) is 18.0 Å². The lowest BCUT2D eigenvalue weighted by Crippen LogP contribution is -2.29. The van der Waals surface area contributed by atoms with Crippen LogP contribution in [0.5, 0.6) is 0 Å². The summed E-state index contributed by atoms with van der Waals surface area (Å²) in [5, 5.41) is 2.22. The lowest BCUT2D eigenvalue weighted by atomic mass is 10.1. The lowest BCUT2D eigenvalue weighted by molar-refractivity contribution is 0.247. The Morgan fingerprint density at radius 2 is 1.89 bits per heavy atom. The van der Waals surface area contributed by atoms with Gasteiger partial charge in [-0.05, 0) is 47.5 Å². The summed E-state index contributed by atoms with van der Waals surface area (Å²) < 4.78 is 0. The number of fused-ring (bicyclic) bond motifs is 1. The second-order valence-corrected chi connectivity index (χ2v) is 6.19. The molecule has 100 valence electrons. The Labute approximate surface area is 118 Å². The zero-order chi connectivity index (χ0) is 13.1. The summed E-state index contributed by atoms with van der Waals surface area (Å²) in [6.07, 6.45) is 2.18. The summed E-state index contributed by atoms with van der Waals surface area (Å²) in [5.74, 6) is 0. The molecule has 0 unspecified atom stereocenters. The average molecular weight is 272 g/mol. The second-order valence-electron chi connectivity index (χ2n) is 5.18. The zero-order valence-electron chi connectivity index (χ0n) is 11.1. The highest BCUT2D eigenvalue weighted by Gasteiger charge is 2.16. The second kappa shape index (κ2) is 5.87. The Hall–Kier alpha value is -1.16. The first kappa shape index (κ1) is 12.9. The third-order valence-electron chi connectivity index (χ3n) is 3.75. The van der Waals surface area contributed by atoms with Gasteiger partial charge in [0.15, 0.2) is 0 Å². The van der Waals surface area contributed by atoms with E-state index < -0.39 is 0 Å². The van der Waals surface area contributed by atoms with Crippen molar-refractivity contribution in [1.82, 2.24) is 4.90 Å². The highest BCUT2D eigenvalue weighted by atomic mass is 32.1. The summed E-state index contributed by atoms with van der Waals surface area (Å²) in [7, 11) is 0. The number of nitrogens with two attached hydrogens (primary N) is 1. The first-order valence-electron chi connectivity index (χ1n) is 6.90. The Bertz CT molecular complexity index is 530. The molecule has 1 aromatic carbocycles. The van der Waals surface area contributed by atoms with Crippen LogP contribution in [0.2, 0.25) is 0 Å². The third-order valence-corrected chi connectivity index (χ3v) is 4.77. The van der Waals surface area contributed by atoms with Gasteiger partial charge >= 0.3 is 0 Å². The smallest absolute Gasteiger partial charge is 0.0248 e. The van der Waals surface area contributed by atoms with Crippen molar-refractivity contribution in [2.45, 2.75) is 25.9 Å². The van der Waals surface area contributed by atoms with Crippen LogP contribution < -0.4 is 5.73 Å². The number of nitrogens with zero attached hydrogens (tertiary/aromatic N) is 1.